The Labute approximate surface area is 105 Å². The van der Waals surface area contributed by atoms with Crippen LogP contribution in [0.2, 0.25) is 0 Å². The molecule has 0 aromatic heterocycles. The number of carbonyl (C=O) groups excluding carboxylic acids is 1. The molecule has 0 unspecified atom stereocenters. The quantitative estimate of drug-likeness (QED) is 0.731. The van der Waals surface area contributed by atoms with Crippen molar-refractivity contribution in [3.05, 3.63) is 33.8 Å². The second-order valence-corrected chi connectivity index (χ2v) is 4.65. The maximum Gasteiger partial charge on any atom is 0.258 e. The van der Waals surface area contributed by atoms with Gasteiger partial charge in [0.25, 0.3) is 5.91 Å². The minimum atomic E-state index is -1.09. The molecule has 0 saturated carbocycles. The summed E-state index contributed by atoms with van der Waals surface area (Å²) in [4.78, 5) is 13.1. The van der Waals surface area contributed by atoms with Crippen molar-refractivity contribution >= 4 is 21.8 Å². The number of hydrogen-bond donors (Lipinski definition) is 0. The lowest BCUT2D eigenvalue weighted by Crippen LogP contribution is -2.30. The van der Waals surface area contributed by atoms with Crippen molar-refractivity contribution in [2.24, 2.45) is 0 Å². The van der Waals surface area contributed by atoms with E-state index in [1.54, 1.807) is 0 Å². The van der Waals surface area contributed by atoms with Gasteiger partial charge in [-0.05, 0) is 34.5 Å². The third kappa shape index (κ3) is 2.31. The van der Waals surface area contributed by atoms with Crippen LogP contribution in [0, 0.1) is 11.6 Å². The van der Waals surface area contributed by atoms with Crippen molar-refractivity contribution in [3.8, 4) is 0 Å². The molecule has 1 aliphatic heterocycles. The number of benzene rings is 1. The molecule has 1 aromatic carbocycles. The van der Waals surface area contributed by atoms with Crippen LogP contribution in [0.4, 0.5) is 13.2 Å². The predicted octanol–water partition coefficient (Wildman–Crippen LogP) is 2.91. The number of carbonyl (C=O) groups is 1. The molecule has 1 heterocycles. The van der Waals surface area contributed by atoms with Crippen molar-refractivity contribution in [1.82, 2.24) is 4.90 Å². The zero-order chi connectivity index (χ0) is 12.6. The summed E-state index contributed by atoms with van der Waals surface area (Å²) in [6.45, 7) is 0.156. The SMILES string of the molecule is O=C(c1c(F)ccc(F)c1Br)N1CC[C@@H](F)C1. The van der Waals surface area contributed by atoms with Gasteiger partial charge >= 0.3 is 0 Å². The number of halogens is 4. The molecule has 6 heteroatoms. The van der Waals surface area contributed by atoms with E-state index in [0.717, 1.165) is 12.1 Å². The highest BCUT2D eigenvalue weighted by molar-refractivity contribution is 9.10. The van der Waals surface area contributed by atoms with Gasteiger partial charge in [0, 0.05) is 6.54 Å². The Hall–Kier alpha value is -1.04. The van der Waals surface area contributed by atoms with Crippen LogP contribution >= 0.6 is 15.9 Å². The van der Waals surface area contributed by atoms with E-state index in [-0.39, 0.29) is 29.5 Å². The summed E-state index contributed by atoms with van der Waals surface area (Å²) in [5.74, 6) is -2.22. The molecule has 17 heavy (non-hydrogen) atoms. The van der Waals surface area contributed by atoms with E-state index in [4.69, 9.17) is 0 Å². The lowest BCUT2D eigenvalue weighted by Gasteiger charge is -2.16. The Morgan fingerprint density at radius 2 is 2.00 bits per heavy atom. The summed E-state index contributed by atoms with van der Waals surface area (Å²) in [5.41, 5.74) is -0.376. The second-order valence-electron chi connectivity index (χ2n) is 3.86. The van der Waals surface area contributed by atoms with Crippen LogP contribution in [0.3, 0.4) is 0 Å². The van der Waals surface area contributed by atoms with E-state index in [2.05, 4.69) is 15.9 Å². The van der Waals surface area contributed by atoms with Gasteiger partial charge in [0.05, 0.1) is 16.6 Å². The maximum atomic E-state index is 13.5. The summed E-state index contributed by atoms with van der Waals surface area (Å²) in [6.07, 6.45) is -0.852. The first-order chi connectivity index (χ1) is 8.00. The molecule has 0 spiro atoms. The number of rotatable bonds is 1. The molecule has 1 saturated heterocycles. The Morgan fingerprint density at radius 1 is 1.35 bits per heavy atom. The van der Waals surface area contributed by atoms with Crippen molar-refractivity contribution in [2.75, 3.05) is 13.1 Å². The van der Waals surface area contributed by atoms with E-state index in [1.165, 1.54) is 4.90 Å². The van der Waals surface area contributed by atoms with Gasteiger partial charge in [-0.1, -0.05) is 0 Å². The van der Waals surface area contributed by atoms with Crippen molar-refractivity contribution in [1.29, 1.82) is 0 Å². The largest absolute Gasteiger partial charge is 0.335 e. The number of amides is 1. The van der Waals surface area contributed by atoms with E-state index in [0.29, 0.717) is 0 Å². The van der Waals surface area contributed by atoms with E-state index >= 15 is 0 Å². The summed E-state index contributed by atoms with van der Waals surface area (Å²) in [6, 6.07) is 1.81. The smallest absolute Gasteiger partial charge is 0.258 e. The second kappa shape index (κ2) is 4.68. The molecule has 0 N–H and O–H groups in total. The monoisotopic (exact) mass is 307 g/mol. The van der Waals surface area contributed by atoms with Crippen LogP contribution in [0.25, 0.3) is 0 Å². The molecule has 0 aliphatic carbocycles. The fourth-order valence-corrected chi connectivity index (χ4v) is 2.27. The summed E-state index contributed by atoms with van der Waals surface area (Å²) in [7, 11) is 0. The standard InChI is InChI=1S/C11H9BrF3NO/c12-10-8(15)2-1-7(14)9(10)11(17)16-4-3-6(13)5-16/h1-2,6H,3-5H2/t6-/m1/s1. The Balaban J connectivity index is 2.34. The van der Waals surface area contributed by atoms with Gasteiger partial charge in [-0.3, -0.25) is 4.79 Å². The van der Waals surface area contributed by atoms with E-state index < -0.39 is 23.7 Å². The zero-order valence-electron chi connectivity index (χ0n) is 8.72. The predicted molar refractivity (Wildman–Crippen MR) is 59.5 cm³/mol. The molecule has 2 nitrogen and oxygen atoms in total. The van der Waals surface area contributed by atoms with Crippen LogP contribution in [0.5, 0.6) is 0 Å². The fraction of sp³-hybridized carbons (Fsp3) is 0.364. The van der Waals surface area contributed by atoms with Crippen LogP contribution in [0.1, 0.15) is 16.8 Å². The van der Waals surface area contributed by atoms with Crippen molar-refractivity contribution < 1.29 is 18.0 Å². The molecular formula is C11H9BrF3NO. The fourth-order valence-electron chi connectivity index (χ4n) is 1.78. The minimum absolute atomic E-state index is 0.0682. The number of alkyl halides is 1. The highest BCUT2D eigenvalue weighted by Crippen LogP contribution is 2.26. The first-order valence-electron chi connectivity index (χ1n) is 5.07. The molecule has 92 valence electrons. The highest BCUT2D eigenvalue weighted by atomic mass is 79.9. The molecule has 1 aromatic rings. The van der Waals surface area contributed by atoms with Crippen molar-refractivity contribution in [3.63, 3.8) is 0 Å². The molecular weight excluding hydrogens is 299 g/mol. The molecule has 1 amide bonds. The zero-order valence-corrected chi connectivity index (χ0v) is 10.3. The van der Waals surface area contributed by atoms with Gasteiger partial charge < -0.3 is 4.90 Å². The van der Waals surface area contributed by atoms with Crippen LogP contribution in [0.15, 0.2) is 16.6 Å². The topological polar surface area (TPSA) is 20.3 Å². The first kappa shape index (κ1) is 12.4. The number of nitrogens with zero attached hydrogens (tertiary/aromatic N) is 1. The molecule has 1 aliphatic rings. The highest BCUT2D eigenvalue weighted by Gasteiger charge is 2.30. The van der Waals surface area contributed by atoms with Gasteiger partial charge in [-0.15, -0.1) is 0 Å². The van der Waals surface area contributed by atoms with Crippen LogP contribution in [-0.2, 0) is 0 Å². The minimum Gasteiger partial charge on any atom is -0.335 e. The van der Waals surface area contributed by atoms with Gasteiger partial charge in [-0.2, -0.15) is 0 Å². The van der Waals surface area contributed by atoms with Crippen molar-refractivity contribution in [2.45, 2.75) is 12.6 Å². The lowest BCUT2D eigenvalue weighted by atomic mass is 10.2. The summed E-state index contributed by atoms with van der Waals surface area (Å²) >= 11 is 2.84. The van der Waals surface area contributed by atoms with E-state index in [1.807, 2.05) is 0 Å². The van der Waals surface area contributed by atoms with Crippen LogP contribution < -0.4 is 0 Å². The number of hydrogen-bond acceptors (Lipinski definition) is 1. The molecule has 1 fully saturated rings. The van der Waals surface area contributed by atoms with Gasteiger partial charge in [0.2, 0.25) is 0 Å². The Morgan fingerprint density at radius 3 is 2.59 bits per heavy atom. The molecule has 0 bridgehead atoms. The third-order valence-corrected chi connectivity index (χ3v) is 3.45. The maximum absolute atomic E-state index is 13.5. The normalized spacial score (nSPS) is 19.8. The van der Waals surface area contributed by atoms with Crippen LogP contribution in [-0.4, -0.2) is 30.1 Å². The molecule has 0 radical (unpaired) electrons. The summed E-state index contributed by atoms with van der Waals surface area (Å²) < 4.78 is 39.5. The van der Waals surface area contributed by atoms with Gasteiger partial charge in [0.1, 0.15) is 17.8 Å². The number of likely N-dealkylation sites (tertiary alicyclic amines) is 1. The van der Waals surface area contributed by atoms with E-state index in [9.17, 15) is 18.0 Å². The summed E-state index contributed by atoms with van der Waals surface area (Å²) in [5, 5.41) is 0. The average molecular weight is 308 g/mol. The third-order valence-electron chi connectivity index (χ3n) is 2.68. The first-order valence-corrected chi connectivity index (χ1v) is 5.87. The molecule has 2 rings (SSSR count). The Kier molecular flexibility index (Phi) is 3.42. The van der Waals surface area contributed by atoms with Gasteiger partial charge in [-0.25, -0.2) is 13.2 Å². The molecule has 1 atom stereocenters. The van der Waals surface area contributed by atoms with Gasteiger partial charge in [0.15, 0.2) is 0 Å². The lowest BCUT2D eigenvalue weighted by molar-refractivity contribution is 0.0776. The average Bonchev–Trinajstić information content (AvgIpc) is 2.71. The Bertz CT molecular complexity index is 466.